The van der Waals surface area contributed by atoms with Crippen molar-refractivity contribution in [3.05, 3.63) is 11.1 Å². The van der Waals surface area contributed by atoms with Crippen molar-refractivity contribution in [2.75, 3.05) is 6.54 Å². The van der Waals surface area contributed by atoms with E-state index in [1.54, 1.807) is 11.1 Å². The lowest BCUT2D eigenvalue weighted by atomic mass is 9.31. The zero-order valence-corrected chi connectivity index (χ0v) is 11.7. The molecule has 4 rings (SSSR count). The highest BCUT2D eigenvalue weighted by atomic mass is 14.7. The van der Waals surface area contributed by atoms with Crippen LogP contribution in [0.4, 0.5) is 0 Å². The van der Waals surface area contributed by atoms with Crippen LogP contribution in [0.2, 0.25) is 0 Å². The minimum absolute atomic E-state index is 0.517. The highest BCUT2D eigenvalue weighted by molar-refractivity contribution is 5.37. The molecule has 0 radical (unpaired) electrons. The van der Waals surface area contributed by atoms with E-state index < -0.39 is 0 Å². The first-order valence-corrected chi connectivity index (χ1v) is 7.36. The van der Waals surface area contributed by atoms with Gasteiger partial charge in [-0.05, 0) is 54.8 Å². The van der Waals surface area contributed by atoms with E-state index in [1.165, 1.54) is 44.9 Å². The minimum Gasteiger partial charge on any atom is -0.327 e. The summed E-state index contributed by atoms with van der Waals surface area (Å²) >= 11 is 0. The van der Waals surface area contributed by atoms with Crippen molar-refractivity contribution in [2.24, 2.45) is 22.0 Å². The van der Waals surface area contributed by atoms with E-state index in [0.29, 0.717) is 10.8 Å². The van der Waals surface area contributed by atoms with E-state index in [1.807, 2.05) is 0 Å². The van der Waals surface area contributed by atoms with Gasteiger partial charge in [-0.3, -0.25) is 0 Å². The van der Waals surface area contributed by atoms with Gasteiger partial charge in [0.25, 0.3) is 0 Å². The Hall–Kier alpha value is -0.300. The fraction of sp³-hybridized carbons (Fsp3) is 0.875. The molecular weight excluding hydrogens is 206 g/mol. The Balaban J connectivity index is 1.84. The first-order valence-electron chi connectivity index (χ1n) is 7.36. The van der Waals surface area contributed by atoms with Crippen LogP contribution in [0.25, 0.3) is 0 Å². The van der Waals surface area contributed by atoms with Gasteiger partial charge in [0.15, 0.2) is 0 Å². The van der Waals surface area contributed by atoms with Gasteiger partial charge in [-0.1, -0.05) is 38.3 Å². The second kappa shape index (κ2) is 3.38. The molecule has 0 heterocycles. The molecule has 1 nitrogen and oxygen atoms in total. The first kappa shape index (κ1) is 11.8. The smallest absolute Gasteiger partial charge is 0.0139 e. The minimum atomic E-state index is 0.517. The Morgan fingerprint density at radius 2 is 1.82 bits per heavy atom. The molecule has 3 fully saturated rings. The fourth-order valence-corrected chi connectivity index (χ4v) is 4.81. The quantitative estimate of drug-likeness (QED) is 0.732. The molecule has 0 atom stereocenters. The van der Waals surface area contributed by atoms with Crippen molar-refractivity contribution in [2.45, 2.75) is 65.7 Å². The van der Waals surface area contributed by atoms with E-state index in [9.17, 15) is 0 Å². The maximum atomic E-state index is 5.98. The molecule has 0 saturated heterocycles. The van der Waals surface area contributed by atoms with Crippen molar-refractivity contribution in [1.82, 2.24) is 0 Å². The molecule has 1 heteroatoms. The summed E-state index contributed by atoms with van der Waals surface area (Å²) in [5.41, 5.74) is 11.3. The fourth-order valence-electron chi connectivity index (χ4n) is 4.81. The zero-order valence-electron chi connectivity index (χ0n) is 11.7. The van der Waals surface area contributed by atoms with E-state index in [0.717, 1.165) is 12.0 Å². The molecule has 2 bridgehead atoms. The molecule has 3 saturated carbocycles. The van der Waals surface area contributed by atoms with Crippen LogP contribution in [0.5, 0.6) is 0 Å². The van der Waals surface area contributed by atoms with Crippen molar-refractivity contribution < 1.29 is 0 Å². The Labute approximate surface area is 106 Å². The van der Waals surface area contributed by atoms with Crippen molar-refractivity contribution in [3.8, 4) is 0 Å². The summed E-state index contributed by atoms with van der Waals surface area (Å²) in [4.78, 5) is 0. The predicted octanol–water partition coefficient (Wildman–Crippen LogP) is 4.03. The number of hydrogen-bond donors (Lipinski definition) is 1. The lowest BCUT2D eigenvalue weighted by molar-refractivity contribution is -0.182. The summed E-state index contributed by atoms with van der Waals surface area (Å²) < 4.78 is 0. The topological polar surface area (TPSA) is 26.0 Å². The van der Waals surface area contributed by atoms with Gasteiger partial charge in [-0.2, -0.15) is 0 Å². The number of nitrogens with two attached hydrogens (primary N) is 1. The molecule has 2 N–H and O–H groups in total. The summed E-state index contributed by atoms with van der Waals surface area (Å²) in [7, 11) is 0. The standard InChI is InChI=1S/C16H27N/c1-4-15-9-16(10-15,11-15)13-7-14(2,3)6-5-12(13)8-17/h4-11,17H2,1-3H3. The molecule has 96 valence electrons. The summed E-state index contributed by atoms with van der Waals surface area (Å²) in [6, 6.07) is 0. The van der Waals surface area contributed by atoms with E-state index in [2.05, 4.69) is 20.8 Å². The molecule has 4 aliphatic carbocycles. The monoisotopic (exact) mass is 233 g/mol. The Bertz CT molecular complexity index is 355. The molecule has 0 aromatic rings. The average molecular weight is 233 g/mol. The third-order valence-corrected chi connectivity index (χ3v) is 5.96. The molecule has 0 unspecified atom stereocenters. The molecular formula is C16H27N. The highest BCUT2D eigenvalue weighted by Crippen LogP contribution is 2.78. The maximum absolute atomic E-state index is 5.98. The van der Waals surface area contributed by atoms with Crippen LogP contribution in [0.1, 0.15) is 65.7 Å². The van der Waals surface area contributed by atoms with Crippen LogP contribution in [0.3, 0.4) is 0 Å². The highest BCUT2D eigenvalue weighted by Gasteiger charge is 2.68. The Morgan fingerprint density at radius 3 is 2.35 bits per heavy atom. The van der Waals surface area contributed by atoms with Gasteiger partial charge >= 0.3 is 0 Å². The molecule has 17 heavy (non-hydrogen) atoms. The van der Waals surface area contributed by atoms with Crippen LogP contribution in [0.15, 0.2) is 11.1 Å². The number of hydrogen-bond acceptors (Lipinski definition) is 1. The van der Waals surface area contributed by atoms with Crippen molar-refractivity contribution >= 4 is 0 Å². The van der Waals surface area contributed by atoms with Gasteiger partial charge in [0.1, 0.15) is 0 Å². The molecule has 4 aliphatic rings. The molecule has 0 aromatic heterocycles. The molecule has 0 aliphatic heterocycles. The average Bonchev–Trinajstić information content (AvgIpc) is 2.13. The molecule has 0 amide bonds. The summed E-state index contributed by atoms with van der Waals surface area (Å²) in [6.07, 6.45) is 9.74. The van der Waals surface area contributed by atoms with Gasteiger partial charge in [0.05, 0.1) is 0 Å². The van der Waals surface area contributed by atoms with Gasteiger partial charge in [0, 0.05) is 6.54 Å². The Kier molecular flexibility index (Phi) is 2.34. The maximum Gasteiger partial charge on any atom is 0.0139 e. The second-order valence-electron chi connectivity index (χ2n) is 7.79. The second-order valence-corrected chi connectivity index (χ2v) is 7.79. The van der Waals surface area contributed by atoms with Crippen molar-refractivity contribution in [1.29, 1.82) is 0 Å². The van der Waals surface area contributed by atoms with Gasteiger partial charge in [0.2, 0.25) is 0 Å². The molecule has 0 spiro atoms. The normalized spacial score (nSPS) is 43.1. The van der Waals surface area contributed by atoms with E-state index in [-0.39, 0.29) is 0 Å². The third kappa shape index (κ3) is 1.54. The van der Waals surface area contributed by atoms with Crippen LogP contribution < -0.4 is 5.73 Å². The summed E-state index contributed by atoms with van der Waals surface area (Å²) in [6.45, 7) is 8.04. The van der Waals surface area contributed by atoms with Gasteiger partial charge in [-0.25, -0.2) is 0 Å². The third-order valence-electron chi connectivity index (χ3n) is 5.96. The van der Waals surface area contributed by atoms with Crippen LogP contribution >= 0.6 is 0 Å². The number of rotatable bonds is 3. The largest absolute Gasteiger partial charge is 0.327 e. The summed E-state index contributed by atoms with van der Waals surface area (Å²) in [5.74, 6) is 0. The van der Waals surface area contributed by atoms with Crippen LogP contribution in [-0.2, 0) is 0 Å². The lowest BCUT2D eigenvalue weighted by Crippen LogP contribution is -2.62. The summed E-state index contributed by atoms with van der Waals surface area (Å²) in [5, 5.41) is 0. The SMILES string of the molecule is CCC12CC(C3=C(CN)CCC(C)(C)C3)(C1)C2. The zero-order chi connectivity index (χ0) is 12.3. The van der Waals surface area contributed by atoms with Crippen LogP contribution in [-0.4, -0.2) is 6.54 Å². The predicted molar refractivity (Wildman–Crippen MR) is 72.7 cm³/mol. The number of allylic oxidation sites excluding steroid dienone is 1. The van der Waals surface area contributed by atoms with Gasteiger partial charge < -0.3 is 5.73 Å². The van der Waals surface area contributed by atoms with E-state index in [4.69, 9.17) is 5.73 Å². The Morgan fingerprint density at radius 1 is 1.18 bits per heavy atom. The molecule has 0 aromatic carbocycles. The van der Waals surface area contributed by atoms with Gasteiger partial charge in [-0.15, -0.1) is 0 Å². The van der Waals surface area contributed by atoms with Crippen LogP contribution in [0, 0.1) is 16.2 Å². The van der Waals surface area contributed by atoms with Crippen molar-refractivity contribution in [3.63, 3.8) is 0 Å². The van der Waals surface area contributed by atoms with E-state index >= 15 is 0 Å². The first-order chi connectivity index (χ1) is 7.94. The lowest BCUT2D eigenvalue weighted by Gasteiger charge is -2.73.